The molecule has 0 aliphatic heterocycles. The summed E-state index contributed by atoms with van der Waals surface area (Å²) in [5.41, 5.74) is 4.18. The summed E-state index contributed by atoms with van der Waals surface area (Å²) in [6.45, 7) is 0. The summed E-state index contributed by atoms with van der Waals surface area (Å²) in [5, 5.41) is 0. The van der Waals surface area contributed by atoms with E-state index in [-0.39, 0.29) is 0 Å². The molecule has 6 heteroatoms. The van der Waals surface area contributed by atoms with Crippen LogP contribution in [-0.2, 0) is 4.79 Å². The summed E-state index contributed by atoms with van der Waals surface area (Å²) in [6, 6.07) is 0.461. The number of hydrogen-bond acceptors (Lipinski definition) is 2. The predicted molar refractivity (Wildman–Crippen MR) is 51.1 cm³/mol. The molecule has 86 valence electrons. The zero-order chi connectivity index (χ0) is 12.3. The van der Waals surface area contributed by atoms with Crippen molar-refractivity contribution < 1.29 is 22.7 Å². The Kier molecular flexibility index (Phi) is 3.55. The van der Waals surface area contributed by atoms with Crippen LogP contribution in [0.3, 0.4) is 0 Å². The minimum atomic E-state index is -1.22. The Morgan fingerprint density at radius 2 is 2.00 bits per heavy atom. The minimum absolute atomic E-state index is 0.461. The van der Waals surface area contributed by atoms with Gasteiger partial charge in [-0.2, -0.15) is 0 Å². The van der Waals surface area contributed by atoms with E-state index in [9.17, 15) is 18.0 Å². The largest absolute Gasteiger partial charge is 0.491 e. The van der Waals surface area contributed by atoms with Crippen molar-refractivity contribution in [1.29, 1.82) is 0 Å². The lowest BCUT2D eigenvalue weighted by molar-refractivity contribution is -0.113. The van der Waals surface area contributed by atoms with Crippen molar-refractivity contribution in [2.75, 3.05) is 7.11 Å². The SMILES string of the molecule is COc1c(F)cc(F)c(/C=C/C(N)=O)c1F. The summed E-state index contributed by atoms with van der Waals surface area (Å²) < 4.78 is 44.0. The molecule has 1 aromatic rings. The molecule has 0 bridgehead atoms. The Morgan fingerprint density at radius 1 is 1.38 bits per heavy atom. The van der Waals surface area contributed by atoms with Crippen LogP contribution in [0.25, 0.3) is 6.08 Å². The summed E-state index contributed by atoms with van der Waals surface area (Å²) in [7, 11) is 1.04. The molecular formula is C10H8F3NO2. The predicted octanol–water partition coefficient (Wildman–Crippen LogP) is 1.61. The van der Waals surface area contributed by atoms with Gasteiger partial charge in [-0.15, -0.1) is 0 Å². The maximum Gasteiger partial charge on any atom is 0.241 e. The van der Waals surface area contributed by atoms with Gasteiger partial charge in [0.05, 0.1) is 12.7 Å². The van der Waals surface area contributed by atoms with Gasteiger partial charge in [-0.3, -0.25) is 4.79 Å². The maximum atomic E-state index is 13.4. The number of ether oxygens (including phenoxy) is 1. The third kappa shape index (κ3) is 2.33. The van der Waals surface area contributed by atoms with E-state index in [1.54, 1.807) is 0 Å². The molecule has 0 aliphatic carbocycles. The first-order valence-corrected chi connectivity index (χ1v) is 4.16. The molecule has 3 nitrogen and oxygen atoms in total. The molecule has 2 N–H and O–H groups in total. The highest BCUT2D eigenvalue weighted by Gasteiger charge is 2.17. The van der Waals surface area contributed by atoms with E-state index >= 15 is 0 Å². The molecule has 16 heavy (non-hydrogen) atoms. The third-order valence-electron chi connectivity index (χ3n) is 1.78. The number of benzene rings is 1. The zero-order valence-corrected chi connectivity index (χ0v) is 8.26. The fourth-order valence-corrected chi connectivity index (χ4v) is 1.09. The van der Waals surface area contributed by atoms with Crippen LogP contribution in [0.15, 0.2) is 12.1 Å². The van der Waals surface area contributed by atoms with Crippen molar-refractivity contribution >= 4 is 12.0 Å². The van der Waals surface area contributed by atoms with Gasteiger partial charge in [-0.05, 0) is 6.08 Å². The van der Waals surface area contributed by atoms with Crippen LogP contribution >= 0.6 is 0 Å². The fourth-order valence-electron chi connectivity index (χ4n) is 1.09. The molecule has 1 rings (SSSR count). The third-order valence-corrected chi connectivity index (χ3v) is 1.78. The quantitative estimate of drug-likeness (QED) is 0.803. The summed E-state index contributed by atoms with van der Waals surface area (Å²) in [5.74, 6) is -5.12. The van der Waals surface area contributed by atoms with Gasteiger partial charge in [0.15, 0.2) is 17.4 Å². The summed E-state index contributed by atoms with van der Waals surface area (Å²) in [4.78, 5) is 10.4. The average molecular weight is 231 g/mol. The molecule has 0 radical (unpaired) electrons. The van der Waals surface area contributed by atoms with Crippen LogP contribution < -0.4 is 10.5 Å². The number of methoxy groups -OCH3 is 1. The lowest BCUT2D eigenvalue weighted by Gasteiger charge is -2.06. The Bertz CT molecular complexity index is 458. The molecule has 0 aliphatic rings. The van der Waals surface area contributed by atoms with E-state index in [2.05, 4.69) is 4.74 Å². The molecule has 0 saturated carbocycles. The summed E-state index contributed by atoms with van der Waals surface area (Å²) >= 11 is 0. The van der Waals surface area contributed by atoms with Crippen LogP contribution in [0.2, 0.25) is 0 Å². The van der Waals surface area contributed by atoms with Crippen molar-refractivity contribution in [2.45, 2.75) is 0 Å². The van der Waals surface area contributed by atoms with E-state index in [4.69, 9.17) is 5.73 Å². The smallest absolute Gasteiger partial charge is 0.241 e. The van der Waals surface area contributed by atoms with Gasteiger partial charge in [0.1, 0.15) is 5.82 Å². The van der Waals surface area contributed by atoms with Gasteiger partial charge in [-0.25, -0.2) is 13.2 Å². The van der Waals surface area contributed by atoms with Crippen molar-refractivity contribution in [2.24, 2.45) is 5.73 Å². The van der Waals surface area contributed by atoms with Gasteiger partial charge >= 0.3 is 0 Å². The van der Waals surface area contributed by atoms with Gasteiger partial charge in [-0.1, -0.05) is 0 Å². The number of primary amides is 1. The molecule has 0 heterocycles. The molecule has 1 aromatic carbocycles. The van der Waals surface area contributed by atoms with E-state index in [1.807, 2.05) is 0 Å². The second-order valence-electron chi connectivity index (χ2n) is 2.84. The Hall–Kier alpha value is -1.98. The fraction of sp³-hybridized carbons (Fsp3) is 0.100. The van der Waals surface area contributed by atoms with Crippen molar-refractivity contribution in [1.82, 2.24) is 0 Å². The van der Waals surface area contributed by atoms with Crippen LogP contribution in [0.4, 0.5) is 13.2 Å². The zero-order valence-electron chi connectivity index (χ0n) is 8.26. The minimum Gasteiger partial charge on any atom is -0.491 e. The molecule has 0 fully saturated rings. The van der Waals surface area contributed by atoms with Gasteiger partial charge < -0.3 is 10.5 Å². The molecule has 0 saturated heterocycles. The highest BCUT2D eigenvalue weighted by Crippen LogP contribution is 2.27. The Labute approximate surface area is 89.3 Å². The first-order valence-electron chi connectivity index (χ1n) is 4.16. The van der Waals surface area contributed by atoms with Crippen LogP contribution in [0.1, 0.15) is 5.56 Å². The molecular weight excluding hydrogens is 223 g/mol. The summed E-state index contributed by atoms with van der Waals surface area (Å²) in [6.07, 6.45) is 1.58. The second-order valence-corrected chi connectivity index (χ2v) is 2.84. The highest BCUT2D eigenvalue weighted by atomic mass is 19.1. The number of carbonyl (C=O) groups is 1. The van der Waals surface area contributed by atoms with Gasteiger partial charge in [0.2, 0.25) is 5.91 Å². The number of rotatable bonds is 3. The first-order chi connectivity index (χ1) is 7.47. The van der Waals surface area contributed by atoms with Gasteiger partial charge in [0, 0.05) is 12.1 Å². The van der Waals surface area contributed by atoms with E-state index in [1.165, 1.54) is 0 Å². The number of halogens is 3. The maximum absolute atomic E-state index is 13.4. The molecule has 0 spiro atoms. The standard InChI is InChI=1S/C10H8F3NO2/c1-16-10-7(12)4-6(11)5(9(10)13)2-3-8(14)15/h2-4H,1H3,(H2,14,15)/b3-2+. The van der Waals surface area contributed by atoms with Crippen molar-refractivity contribution in [3.63, 3.8) is 0 Å². The Balaban J connectivity index is 3.33. The Morgan fingerprint density at radius 3 is 2.50 bits per heavy atom. The normalized spacial score (nSPS) is 10.8. The number of amides is 1. The lowest BCUT2D eigenvalue weighted by Crippen LogP contribution is -2.06. The van der Waals surface area contributed by atoms with E-state index < -0.39 is 34.7 Å². The molecule has 0 atom stereocenters. The van der Waals surface area contributed by atoms with Crippen LogP contribution in [0.5, 0.6) is 5.75 Å². The number of nitrogens with two attached hydrogens (primary N) is 1. The first kappa shape index (κ1) is 12.1. The van der Waals surface area contributed by atoms with Crippen molar-refractivity contribution in [3.8, 4) is 5.75 Å². The molecule has 1 amide bonds. The topological polar surface area (TPSA) is 52.3 Å². The lowest BCUT2D eigenvalue weighted by atomic mass is 10.1. The monoisotopic (exact) mass is 231 g/mol. The number of hydrogen-bond donors (Lipinski definition) is 1. The van der Waals surface area contributed by atoms with Gasteiger partial charge in [0.25, 0.3) is 0 Å². The van der Waals surface area contributed by atoms with Crippen molar-refractivity contribution in [3.05, 3.63) is 35.2 Å². The van der Waals surface area contributed by atoms with E-state index in [0.29, 0.717) is 6.07 Å². The number of carbonyl (C=O) groups excluding carboxylic acids is 1. The van der Waals surface area contributed by atoms with Crippen LogP contribution in [0, 0.1) is 17.5 Å². The molecule has 0 aromatic heterocycles. The van der Waals surface area contributed by atoms with Crippen LogP contribution in [-0.4, -0.2) is 13.0 Å². The highest BCUT2D eigenvalue weighted by molar-refractivity contribution is 5.90. The average Bonchev–Trinajstić information content (AvgIpc) is 2.16. The second kappa shape index (κ2) is 4.69. The van der Waals surface area contributed by atoms with E-state index in [0.717, 1.165) is 19.3 Å². The molecule has 0 unspecified atom stereocenters.